The summed E-state index contributed by atoms with van der Waals surface area (Å²) in [5.74, 6) is 0.847. The van der Waals surface area contributed by atoms with Gasteiger partial charge in [0.2, 0.25) is 0 Å². The Hall–Kier alpha value is -1.17. The molecule has 1 aromatic carbocycles. The summed E-state index contributed by atoms with van der Waals surface area (Å²) in [6.07, 6.45) is 0. The molecule has 0 radical (unpaired) electrons. The molecular weight excluding hydrogens is 260 g/mol. The van der Waals surface area contributed by atoms with Crippen LogP contribution in [0.2, 0.25) is 0 Å². The highest BCUT2D eigenvalue weighted by Gasteiger charge is 2.09. The third-order valence-corrected chi connectivity index (χ3v) is 3.55. The topological polar surface area (TPSA) is 33.7 Å². The molecule has 0 aliphatic carbocycles. The number of nitrogens with zero attached hydrogens (tertiary/aromatic N) is 1. The summed E-state index contributed by atoms with van der Waals surface area (Å²) in [6.45, 7) is 5.56. The molecule has 0 atom stereocenters. The summed E-state index contributed by atoms with van der Waals surface area (Å²) in [6, 6.07) is 7.79. The van der Waals surface area contributed by atoms with Gasteiger partial charge in [-0.15, -0.1) is 0 Å². The van der Waals surface area contributed by atoms with Gasteiger partial charge < -0.3 is 14.8 Å². The van der Waals surface area contributed by atoms with Crippen LogP contribution in [0.4, 0.5) is 0 Å². The van der Waals surface area contributed by atoms with Crippen molar-refractivity contribution in [1.82, 2.24) is 10.2 Å². The Kier molecular flexibility index (Phi) is 5.57. The lowest BCUT2D eigenvalue weighted by Crippen LogP contribution is -2.41. The van der Waals surface area contributed by atoms with Crippen molar-refractivity contribution in [1.29, 1.82) is 0 Å². The van der Waals surface area contributed by atoms with Gasteiger partial charge in [-0.1, -0.05) is 12.2 Å². The maximum absolute atomic E-state index is 5.37. The van der Waals surface area contributed by atoms with Crippen LogP contribution in [0.25, 0.3) is 0 Å². The second kappa shape index (κ2) is 7.43. The average Bonchev–Trinajstić information content (AvgIpc) is 2.48. The largest absolute Gasteiger partial charge is 0.497 e. The maximum atomic E-state index is 5.37. The standard InChI is InChI=1S/C14H20N2O2S/c1-17-13-4-2-12(3-5-13)14(19)15-6-7-16-8-10-18-11-9-16/h2-5H,6-11H2,1H3,(H,15,19). The van der Waals surface area contributed by atoms with Crippen LogP contribution in [-0.2, 0) is 4.74 Å². The van der Waals surface area contributed by atoms with Gasteiger partial charge >= 0.3 is 0 Å². The molecule has 1 saturated heterocycles. The van der Waals surface area contributed by atoms with Crippen LogP contribution in [0.1, 0.15) is 5.56 Å². The molecule has 0 unspecified atom stereocenters. The summed E-state index contributed by atoms with van der Waals surface area (Å²) in [5, 5.41) is 3.29. The monoisotopic (exact) mass is 280 g/mol. The van der Waals surface area contributed by atoms with E-state index in [2.05, 4.69) is 10.2 Å². The lowest BCUT2D eigenvalue weighted by molar-refractivity contribution is 0.0389. The van der Waals surface area contributed by atoms with E-state index in [1.807, 2.05) is 24.3 Å². The van der Waals surface area contributed by atoms with Crippen molar-refractivity contribution in [2.24, 2.45) is 0 Å². The van der Waals surface area contributed by atoms with E-state index in [1.54, 1.807) is 7.11 Å². The summed E-state index contributed by atoms with van der Waals surface area (Å²) < 4.78 is 10.4. The van der Waals surface area contributed by atoms with Crippen LogP contribution < -0.4 is 10.1 Å². The first kappa shape index (κ1) is 14.2. The Morgan fingerprint density at radius 2 is 2.00 bits per heavy atom. The number of morpholine rings is 1. The molecule has 1 aliphatic rings. The van der Waals surface area contributed by atoms with E-state index in [0.29, 0.717) is 0 Å². The fraction of sp³-hybridized carbons (Fsp3) is 0.500. The lowest BCUT2D eigenvalue weighted by Gasteiger charge is -2.26. The Labute approximate surface area is 119 Å². The molecule has 2 rings (SSSR count). The van der Waals surface area contributed by atoms with E-state index >= 15 is 0 Å². The van der Waals surface area contributed by atoms with Gasteiger partial charge in [-0.25, -0.2) is 0 Å². The maximum Gasteiger partial charge on any atom is 0.118 e. The van der Waals surface area contributed by atoms with E-state index in [9.17, 15) is 0 Å². The van der Waals surface area contributed by atoms with Crippen LogP contribution >= 0.6 is 12.2 Å². The summed E-state index contributed by atoms with van der Waals surface area (Å²) in [5.41, 5.74) is 1.03. The lowest BCUT2D eigenvalue weighted by atomic mass is 10.2. The second-order valence-corrected chi connectivity index (χ2v) is 4.85. The van der Waals surface area contributed by atoms with Crippen molar-refractivity contribution >= 4 is 17.2 Å². The zero-order valence-corrected chi connectivity index (χ0v) is 12.0. The molecule has 5 heteroatoms. The minimum absolute atomic E-state index is 0.788. The fourth-order valence-electron chi connectivity index (χ4n) is 2.00. The number of nitrogens with one attached hydrogen (secondary N) is 1. The predicted molar refractivity (Wildman–Crippen MR) is 80.0 cm³/mol. The predicted octanol–water partition coefficient (Wildman–Crippen LogP) is 1.29. The molecule has 1 N–H and O–H groups in total. The highest BCUT2D eigenvalue weighted by Crippen LogP contribution is 2.11. The van der Waals surface area contributed by atoms with Crippen LogP contribution in [0, 0.1) is 0 Å². The molecule has 0 spiro atoms. The summed E-state index contributed by atoms with van der Waals surface area (Å²) >= 11 is 5.37. The van der Waals surface area contributed by atoms with Crippen molar-refractivity contribution in [3.05, 3.63) is 29.8 Å². The number of hydrogen-bond donors (Lipinski definition) is 1. The zero-order chi connectivity index (χ0) is 13.5. The molecule has 104 valence electrons. The van der Waals surface area contributed by atoms with Gasteiger partial charge in [0.05, 0.1) is 20.3 Å². The van der Waals surface area contributed by atoms with Crippen LogP contribution in [-0.4, -0.2) is 56.4 Å². The van der Waals surface area contributed by atoms with E-state index in [0.717, 1.165) is 55.7 Å². The first-order valence-corrected chi connectivity index (χ1v) is 6.93. The van der Waals surface area contributed by atoms with Crippen molar-refractivity contribution < 1.29 is 9.47 Å². The Morgan fingerprint density at radius 3 is 2.63 bits per heavy atom. The third-order valence-electron chi connectivity index (χ3n) is 3.17. The number of thiocarbonyl (C=S) groups is 1. The van der Waals surface area contributed by atoms with Gasteiger partial charge in [-0.3, -0.25) is 4.90 Å². The summed E-state index contributed by atoms with van der Waals surface area (Å²) in [4.78, 5) is 3.17. The van der Waals surface area contributed by atoms with Gasteiger partial charge in [0, 0.05) is 31.7 Å². The van der Waals surface area contributed by atoms with Gasteiger partial charge in [0.25, 0.3) is 0 Å². The second-order valence-electron chi connectivity index (χ2n) is 4.44. The molecule has 1 aliphatic heterocycles. The number of ether oxygens (including phenoxy) is 2. The highest BCUT2D eigenvalue weighted by molar-refractivity contribution is 7.80. The Bertz CT molecular complexity index is 402. The van der Waals surface area contributed by atoms with E-state index in [4.69, 9.17) is 21.7 Å². The highest BCUT2D eigenvalue weighted by atomic mass is 32.1. The van der Waals surface area contributed by atoms with Gasteiger partial charge in [0.1, 0.15) is 10.7 Å². The van der Waals surface area contributed by atoms with Gasteiger partial charge in [-0.2, -0.15) is 0 Å². The van der Waals surface area contributed by atoms with Crippen LogP contribution in [0.15, 0.2) is 24.3 Å². The number of benzene rings is 1. The normalized spacial score (nSPS) is 16.1. The Balaban J connectivity index is 1.73. The third kappa shape index (κ3) is 4.45. The minimum atomic E-state index is 0.788. The molecule has 4 nitrogen and oxygen atoms in total. The van der Waals surface area contributed by atoms with Crippen molar-refractivity contribution in [3.63, 3.8) is 0 Å². The van der Waals surface area contributed by atoms with Crippen LogP contribution in [0.3, 0.4) is 0 Å². The fourth-order valence-corrected chi connectivity index (χ4v) is 2.23. The molecule has 1 fully saturated rings. The van der Waals surface area contributed by atoms with Gasteiger partial charge in [-0.05, 0) is 24.3 Å². The molecular formula is C14H20N2O2S. The molecule has 1 heterocycles. The molecule has 0 saturated carbocycles. The van der Waals surface area contributed by atoms with Crippen molar-refractivity contribution in [2.75, 3.05) is 46.5 Å². The molecule has 0 aromatic heterocycles. The molecule has 19 heavy (non-hydrogen) atoms. The first-order valence-electron chi connectivity index (χ1n) is 6.52. The minimum Gasteiger partial charge on any atom is -0.497 e. The van der Waals surface area contributed by atoms with Gasteiger partial charge in [0.15, 0.2) is 0 Å². The van der Waals surface area contributed by atoms with E-state index in [-0.39, 0.29) is 0 Å². The number of methoxy groups -OCH3 is 1. The Morgan fingerprint density at radius 1 is 1.32 bits per heavy atom. The smallest absolute Gasteiger partial charge is 0.118 e. The zero-order valence-electron chi connectivity index (χ0n) is 11.2. The number of rotatable bonds is 5. The molecule has 0 bridgehead atoms. The van der Waals surface area contributed by atoms with Crippen molar-refractivity contribution in [3.8, 4) is 5.75 Å². The molecule has 1 aromatic rings. The van der Waals surface area contributed by atoms with Crippen molar-refractivity contribution in [2.45, 2.75) is 0 Å². The van der Waals surface area contributed by atoms with E-state index < -0.39 is 0 Å². The quantitative estimate of drug-likeness (QED) is 0.822. The van der Waals surface area contributed by atoms with Crippen LogP contribution in [0.5, 0.6) is 5.75 Å². The SMILES string of the molecule is COc1ccc(C(=S)NCCN2CCOCC2)cc1. The summed E-state index contributed by atoms with van der Waals surface area (Å²) in [7, 11) is 1.66. The average molecular weight is 280 g/mol. The number of hydrogen-bond acceptors (Lipinski definition) is 4. The first-order chi connectivity index (χ1) is 9.29. The van der Waals surface area contributed by atoms with E-state index in [1.165, 1.54) is 0 Å². The molecule has 0 amide bonds.